The van der Waals surface area contributed by atoms with Gasteiger partial charge in [-0.15, -0.1) is 0 Å². The lowest BCUT2D eigenvalue weighted by atomic mass is 9.98. The van der Waals surface area contributed by atoms with Crippen LogP contribution in [0, 0.1) is 12.8 Å². The van der Waals surface area contributed by atoms with Gasteiger partial charge in [0.15, 0.2) is 0 Å². The molecular formula is C9H16. The summed E-state index contributed by atoms with van der Waals surface area (Å²) in [6.07, 6.45) is 9.41. The summed E-state index contributed by atoms with van der Waals surface area (Å²) in [5.41, 5.74) is 0. The average Bonchev–Trinajstić information content (AvgIpc) is 2.13. The summed E-state index contributed by atoms with van der Waals surface area (Å²) in [6, 6.07) is 0. The molecule has 2 radical (unpaired) electrons. The van der Waals surface area contributed by atoms with Crippen LogP contribution in [0.3, 0.4) is 0 Å². The maximum absolute atomic E-state index is 5.57. The van der Waals surface area contributed by atoms with Crippen molar-refractivity contribution in [1.82, 2.24) is 0 Å². The molecule has 0 aromatic carbocycles. The van der Waals surface area contributed by atoms with Gasteiger partial charge in [-0.2, -0.15) is 0 Å². The molecule has 1 rings (SSSR count). The van der Waals surface area contributed by atoms with E-state index in [1.54, 1.807) is 0 Å². The van der Waals surface area contributed by atoms with E-state index in [2.05, 4.69) is 0 Å². The zero-order valence-corrected chi connectivity index (χ0v) is 6.10. The van der Waals surface area contributed by atoms with Crippen molar-refractivity contribution >= 4 is 0 Å². The third-order valence-electron chi connectivity index (χ3n) is 2.31. The highest BCUT2D eigenvalue weighted by molar-refractivity contribution is 4.64. The van der Waals surface area contributed by atoms with Crippen molar-refractivity contribution in [3.05, 3.63) is 6.92 Å². The fourth-order valence-electron chi connectivity index (χ4n) is 1.60. The highest BCUT2D eigenvalue weighted by Gasteiger charge is 2.08. The van der Waals surface area contributed by atoms with E-state index in [1.807, 2.05) is 0 Å². The Morgan fingerprint density at radius 3 is 2.00 bits per heavy atom. The largest absolute Gasteiger partial charge is 0.0533 e. The smallest absolute Gasteiger partial charge is 0.0349 e. The van der Waals surface area contributed by atoms with Crippen molar-refractivity contribution in [2.45, 2.75) is 44.9 Å². The normalized spacial score (nSPS) is 23.7. The predicted octanol–water partition coefficient (Wildman–Crippen LogP) is 3.06. The van der Waals surface area contributed by atoms with Crippen LogP contribution < -0.4 is 0 Å². The Balaban J connectivity index is 2.18. The molecule has 0 aromatic heterocycles. The molecule has 0 saturated heterocycles. The van der Waals surface area contributed by atoms with E-state index in [0.29, 0.717) is 0 Å². The summed E-state index contributed by atoms with van der Waals surface area (Å²) in [4.78, 5) is 0. The molecule has 1 aliphatic carbocycles. The predicted molar refractivity (Wildman–Crippen MR) is 40.1 cm³/mol. The van der Waals surface area contributed by atoms with Crippen LogP contribution in [0.25, 0.3) is 0 Å². The first-order valence-corrected chi connectivity index (χ1v) is 4.13. The third-order valence-corrected chi connectivity index (χ3v) is 2.31. The molecule has 0 heterocycles. The van der Waals surface area contributed by atoms with Crippen molar-refractivity contribution in [3.8, 4) is 0 Å². The van der Waals surface area contributed by atoms with Crippen molar-refractivity contribution in [3.63, 3.8) is 0 Å². The van der Waals surface area contributed by atoms with Crippen LogP contribution in [0.2, 0.25) is 0 Å². The first-order valence-electron chi connectivity index (χ1n) is 4.13. The lowest BCUT2D eigenvalue weighted by Crippen LogP contribution is -1.94. The van der Waals surface area contributed by atoms with E-state index in [4.69, 9.17) is 6.92 Å². The van der Waals surface area contributed by atoms with Crippen molar-refractivity contribution in [1.29, 1.82) is 0 Å². The first-order chi connectivity index (χ1) is 4.43. The second-order valence-corrected chi connectivity index (χ2v) is 3.09. The van der Waals surface area contributed by atoms with Crippen LogP contribution in [0.5, 0.6) is 0 Å². The Morgan fingerprint density at radius 2 is 1.56 bits per heavy atom. The summed E-state index contributed by atoms with van der Waals surface area (Å²) in [7, 11) is 0. The molecule has 0 atom stereocenters. The molecule has 1 aliphatic rings. The summed E-state index contributed by atoms with van der Waals surface area (Å²) in [5, 5.41) is 0. The molecule has 1 saturated carbocycles. The molecule has 0 aliphatic heterocycles. The highest BCUT2D eigenvalue weighted by Crippen LogP contribution is 2.24. The molecule has 0 bridgehead atoms. The number of hydrogen-bond acceptors (Lipinski definition) is 0. The fraction of sp³-hybridized carbons (Fsp3) is 0.889. The Labute approximate surface area is 58.7 Å². The van der Waals surface area contributed by atoms with Crippen LogP contribution in [-0.2, 0) is 0 Å². The van der Waals surface area contributed by atoms with E-state index >= 15 is 0 Å². The zero-order chi connectivity index (χ0) is 6.53. The Hall–Kier alpha value is 0. The number of hydrogen-bond donors (Lipinski definition) is 0. The molecule has 1 fully saturated rings. The topological polar surface area (TPSA) is 0 Å². The maximum Gasteiger partial charge on any atom is -0.0349 e. The molecule has 9 heavy (non-hydrogen) atoms. The minimum absolute atomic E-state index is 0.854. The van der Waals surface area contributed by atoms with Gasteiger partial charge in [-0.3, -0.25) is 0 Å². The Morgan fingerprint density at radius 1 is 1.00 bits per heavy atom. The van der Waals surface area contributed by atoms with Crippen molar-refractivity contribution < 1.29 is 0 Å². The molecule has 52 valence electrons. The zero-order valence-electron chi connectivity index (χ0n) is 6.10. The van der Waals surface area contributed by atoms with E-state index < -0.39 is 0 Å². The third kappa shape index (κ3) is 2.38. The summed E-state index contributed by atoms with van der Waals surface area (Å²) in [6.45, 7) is 5.57. The van der Waals surface area contributed by atoms with E-state index in [1.165, 1.54) is 38.5 Å². The van der Waals surface area contributed by atoms with Gasteiger partial charge in [0.25, 0.3) is 0 Å². The molecular weight excluding hydrogens is 108 g/mol. The van der Waals surface area contributed by atoms with Gasteiger partial charge >= 0.3 is 0 Å². The van der Waals surface area contributed by atoms with Gasteiger partial charge in [-0.1, -0.05) is 38.5 Å². The van der Waals surface area contributed by atoms with Crippen LogP contribution in [0.15, 0.2) is 0 Å². The van der Waals surface area contributed by atoms with E-state index in [0.717, 1.165) is 12.3 Å². The van der Waals surface area contributed by atoms with Gasteiger partial charge in [0.1, 0.15) is 0 Å². The minimum atomic E-state index is 0.854. The summed E-state index contributed by atoms with van der Waals surface area (Å²) >= 11 is 0. The van der Waals surface area contributed by atoms with Gasteiger partial charge in [0, 0.05) is 0 Å². The van der Waals surface area contributed by atoms with Crippen LogP contribution in [0.1, 0.15) is 44.9 Å². The van der Waals surface area contributed by atoms with Crippen LogP contribution in [0.4, 0.5) is 0 Å². The van der Waals surface area contributed by atoms with Crippen molar-refractivity contribution in [2.75, 3.05) is 0 Å². The molecule has 0 nitrogen and oxygen atoms in total. The lowest BCUT2D eigenvalue weighted by molar-refractivity contribution is 0.464. The average molecular weight is 124 g/mol. The summed E-state index contributed by atoms with van der Waals surface area (Å²) in [5.74, 6) is 0.854. The second-order valence-electron chi connectivity index (χ2n) is 3.09. The number of rotatable bonds is 1. The molecule has 0 unspecified atom stereocenters. The Bertz CT molecular complexity index is 58.4. The van der Waals surface area contributed by atoms with Gasteiger partial charge in [-0.05, 0) is 19.3 Å². The van der Waals surface area contributed by atoms with Crippen LogP contribution >= 0.6 is 0 Å². The summed E-state index contributed by atoms with van der Waals surface area (Å²) < 4.78 is 0. The monoisotopic (exact) mass is 124 g/mol. The second kappa shape index (κ2) is 3.92. The van der Waals surface area contributed by atoms with Crippen LogP contribution in [-0.4, -0.2) is 0 Å². The van der Waals surface area contributed by atoms with Gasteiger partial charge < -0.3 is 0 Å². The lowest BCUT2D eigenvalue weighted by Gasteiger charge is -2.08. The quantitative estimate of drug-likeness (QED) is 0.471. The molecule has 0 heteroatoms. The Kier molecular flexibility index (Phi) is 3.10. The van der Waals surface area contributed by atoms with E-state index in [9.17, 15) is 0 Å². The molecule has 0 N–H and O–H groups in total. The molecule has 0 amide bonds. The first kappa shape index (κ1) is 7.11. The van der Waals surface area contributed by atoms with E-state index in [-0.39, 0.29) is 0 Å². The molecule has 0 aromatic rings. The highest BCUT2D eigenvalue weighted by atomic mass is 14.1. The van der Waals surface area contributed by atoms with Gasteiger partial charge in [0.05, 0.1) is 0 Å². The molecule has 0 spiro atoms. The van der Waals surface area contributed by atoms with Gasteiger partial charge in [-0.25, -0.2) is 0 Å². The maximum atomic E-state index is 5.57. The minimum Gasteiger partial charge on any atom is -0.0533 e. The SMILES string of the molecule is [CH]CC1CCCCCC1. The standard InChI is InChI=1S/C9H16/c1-2-9-7-5-3-4-6-8-9/h1,9H,2-8H2. The van der Waals surface area contributed by atoms with Gasteiger partial charge in [0.2, 0.25) is 0 Å². The fourth-order valence-corrected chi connectivity index (χ4v) is 1.60. The van der Waals surface area contributed by atoms with Crippen molar-refractivity contribution in [2.24, 2.45) is 5.92 Å².